The van der Waals surface area contributed by atoms with E-state index < -0.39 is 0 Å². The molecule has 20 heavy (non-hydrogen) atoms. The Bertz CT molecular complexity index is 598. The Morgan fingerprint density at radius 3 is 2.70 bits per heavy atom. The fourth-order valence-corrected chi connectivity index (χ4v) is 3.85. The highest BCUT2D eigenvalue weighted by Gasteiger charge is 2.15. The molecule has 0 aliphatic rings. The second kappa shape index (κ2) is 7.17. The van der Waals surface area contributed by atoms with Crippen molar-refractivity contribution in [2.75, 3.05) is 11.9 Å². The summed E-state index contributed by atoms with van der Waals surface area (Å²) in [5.41, 5.74) is 1.13. The van der Waals surface area contributed by atoms with Gasteiger partial charge in [0.05, 0.1) is 14.1 Å². The highest BCUT2D eigenvalue weighted by atomic mass is 127. The van der Waals surface area contributed by atoms with Gasteiger partial charge in [0.25, 0.3) is 0 Å². The smallest absolute Gasteiger partial charge is 0.171 e. The minimum absolute atomic E-state index is 0.579. The fraction of sp³-hybridized carbons (Fsp3) is 0.429. The standard InChI is InChI=1S/C14H17BrIN3S/c1-4-17-14-12(16)10(5-8(2)3)18-13(19-14)11-6-9(15)7-20-11/h6-8H,4-5H2,1-3H3,(H,17,18,19). The van der Waals surface area contributed by atoms with E-state index in [9.17, 15) is 0 Å². The Morgan fingerprint density at radius 2 is 2.15 bits per heavy atom. The summed E-state index contributed by atoms with van der Waals surface area (Å²) in [5.74, 6) is 2.34. The van der Waals surface area contributed by atoms with Crippen molar-refractivity contribution in [1.29, 1.82) is 0 Å². The number of nitrogens with zero attached hydrogens (tertiary/aromatic N) is 2. The summed E-state index contributed by atoms with van der Waals surface area (Å²) < 4.78 is 2.22. The molecule has 0 aromatic carbocycles. The molecule has 0 unspecified atom stereocenters. The molecule has 0 radical (unpaired) electrons. The van der Waals surface area contributed by atoms with Gasteiger partial charge in [0, 0.05) is 16.4 Å². The summed E-state index contributed by atoms with van der Waals surface area (Å²) in [6, 6.07) is 2.07. The van der Waals surface area contributed by atoms with Gasteiger partial charge in [0.1, 0.15) is 5.82 Å². The van der Waals surface area contributed by atoms with Crippen LogP contribution in [0.4, 0.5) is 5.82 Å². The predicted molar refractivity (Wildman–Crippen MR) is 98.5 cm³/mol. The number of nitrogens with one attached hydrogen (secondary N) is 1. The van der Waals surface area contributed by atoms with Crippen LogP contribution in [-0.2, 0) is 6.42 Å². The van der Waals surface area contributed by atoms with Crippen molar-refractivity contribution in [2.45, 2.75) is 27.2 Å². The SMILES string of the molecule is CCNc1nc(-c2cc(Br)cs2)nc(CC(C)C)c1I. The van der Waals surface area contributed by atoms with Gasteiger partial charge in [0.2, 0.25) is 0 Å². The second-order valence-corrected chi connectivity index (χ2v) is 7.82. The lowest BCUT2D eigenvalue weighted by Crippen LogP contribution is -2.09. The lowest BCUT2D eigenvalue weighted by Gasteiger charge is -2.13. The molecule has 0 bridgehead atoms. The number of halogens is 2. The zero-order chi connectivity index (χ0) is 14.7. The summed E-state index contributed by atoms with van der Waals surface area (Å²) in [5, 5.41) is 5.40. The Balaban J connectivity index is 2.49. The molecule has 0 aliphatic carbocycles. The molecule has 0 saturated heterocycles. The summed E-state index contributed by atoms with van der Waals surface area (Å²) in [4.78, 5) is 10.5. The largest absolute Gasteiger partial charge is 0.369 e. The molecule has 6 heteroatoms. The van der Waals surface area contributed by atoms with Gasteiger partial charge in [-0.2, -0.15) is 0 Å². The van der Waals surface area contributed by atoms with Gasteiger partial charge in [-0.25, -0.2) is 9.97 Å². The van der Waals surface area contributed by atoms with E-state index in [1.54, 1.807) is 11.3 Å². The highest BCUT2D eigenvalue weighted by Crippen LogP contribution is 2.31. The molecule has 0 aliphatic heterocycles. The Kier molecular flexibility index (Phi) is 5.80. The first kappa shape index (κ1) is 16.2. The maximum absolute atomic E-state index is 4.77. The topological polar surface area (TPSA) is 37.8 Å². The van der Waals surface area contributed by atoms with Crippen molar-refractivity contribution < 1.29 is 0 Å². The lowest BCUT2D eigenvalue weighted by molar-refractivity contribution is 0.632. The fourth-order valence-electron chi connectivity index (χ4n) is 1.84. The van der Waals surface area contributed by atoms with Crippen molar-refractivity contribution in [1.82, 2.24) is 9.97 Å². The van der Waals surface area contributed by atoms with Gasteiger partial charge in [-0.3, -0.25) is 0 Å². The van der Waals surface area contributed by atoms with Crippen LogP contribution in [0.15, 0.2) is 15.9 Å². The van der Waals surface area contributed by atoms with Crippen molar-refractivity contribution >= 4 is 55.7 Å². The van der Waals surface area contributed by atoms with Gasteiger partial charge < -0.3 is 5.32 Å². The number of hydrogen-bond acceptors (Lipinski definition) is 4. The van der Waals surface area contributed by atoms with Crippen LogP contribution < -0.4 is 5.32 Å². The van der Waals surface area contributed by atoms with Crippen molar-refractivity contribution in [3.63, 3.8) is 0 Å². The van der Waals surface area contributed by atoms with Crippen molar-refractivity contribution in [3.8, 4) is 10.7 Å². The van der Waals surface area contributed by atoms with E-state index in [1.165, 1.54) is 0 Å². The van der Waals surface area contributed by atoms with Gasteiger partial charge in [-0.1, -0.05) is 13.8 Å². The maximum Gasteiger partial charge on any atom is 0.171 e. The molecular formula is C14H17BrIN3S. The van der Waals surface area contributed by atoms with Crippen LogP contribution in [0.25, 0.3) is 10.7 Å². The van der Waals surface area contributed by atoms with Crippen LogP contribution >= 0.6 is 49.9 Å². The molecule has 2 heterocycles. The minimum atomic E-state index is 0.579. The molecule has 2 rings (SSSR count). The van der Waals surface area contributed by atoms with Crippen molar-refractivity contribution in [2.24, 2.45) is 5.92 Å². The molecule has 0 amide bonds. The third kappa shape index (κ3) is 3.92. The molecule has 0 fully saturated rings. The Hall–Kier alpha value is -0.210. The van der Waals surface area contributed by atoms with E-state index in [-0.39, 0.29) is 0 Å². The number of hydrogen-bond donors (Lipinski definition) is 1. The molecule has 1 N–H and O–H groups in total. The van der Waals surface area contributed by atoms with E-state index in [0.717, 1.165) is 43.2 Å². The van der Waals surface area contributed by atoms with Gasteiger partial charge in [-0.15, -0.1) is 11.3 Å². The van der Waals surface area contributed by atoms with Gasteiger partial charge in [-0.05, 0) is 63.8 Å². The van der Waals surface area contributed by atoms with Gasteiger partial charge in [0.15, 0.2) is 5.82 Å². The molecule has 0 spiro atoms. The predicted octanol–water partition coefficient (Wildman–Crippen LogP) is 5.20. The lowest BCUT2D eigenvalue weighted by atomic mass is 10.1. The first-order chi connectivity index (χ1) is 9.51. The molecular weight excluding hydrogens is 449 g/mol. The van der Waals surface area contributed by atoms with E-state index >= 15 is 0 Å². The number of aromatic nitrogens is 2. The molecule has 2 aromatic rings. The molecule has 108 valence electrons. The van der Waals surface area contributed by atoms with Gasteiger partial charge >= 0.3 is 0 Å². The van der Waals surface area contributed by atoms with Crippen LogP contribution in [0.3, 0.4) is 0 Å². The Morgan fingerprint density at radius 1 is 1.40 bits per heavy atom. The maximum atomic E-state index is 4.77. The average Bonchev–Trinajstić information content (AvgIpc) is 2.80. The molecule has 0 atom stereocenters. The van der Waals surface area contributed by atoms with Crippen LogP contribution in [0.5, 0.6) is 0 Å². The summed E-state index contributed by atoms with van der Waals surface area (Å²) in [7, 11) is 0. The number of thiophene rings is 1. The minimum Gasteiger partial charge on any atom is -0.369 e. The Labute approximate surface area is 145 Å². The van der Waals surface area contributed by atoms with Crippen molar-refractivity contribution in [3.05, 3.63) is 25.2 Å². The van der Waals surface area contributed by atoms with E-state index in [1.807, 2.05) is 0 Å². The van der Waals surface area contributed by atoms with Crippen LogP contribution in [0.2, 0.25) is 0 Å². The molecule has 3 nitrogen and oxygen atoms in total. The second-order valence-electron chi connectivity index (χ2n) is 4.91. The highest BCUT2D eigenvalue weighted by molar-refractivity contribution is 14.1. The van der Waals surface area contributed by atoms with E-state index in [2.05, 4.69) is 81.0 Å². The molecule has 2 aromatic heterocycles. The number of rotatable bonds is 5. The van der Waals surface area contributed by atoms with Crippen LogP contribution in [-0.4, -0.2) is 16.5 Å². The first-order valence-electron chi connectivity index (χ1n) is 6.56. The first-order valence-corrected chi connectivity index (χ1v) is 9.31. The van der Waals surface area contributed by atoms with E-state index in [0.29, 0.717) is 5.92 Å². The zero-order valence-electron chi connectivity index (χ0n) is 11.7. The third-order valence-electron chi connectivity index (χ3n) is 2.65. The third-order valence-corrected chi connectivity index (χ3v) is 5.47. The average molecular weight is 466 g/mol. The molecule has 0 saturated carbocycles. The van der Waals surface area contributed by atoms with E-state index in [4.69, 9.17) is 4.98 Å². The summed E-state index contributed by atoms with van der Waals surface area (Å²) in [6.45, 7) is 7.38. The summed E-state index contributed by atoms with van der Waals surface area (Å²) in [6.07, 6.45) is 0.971. The zero-order valence-corrected chi connectivity index (χ0v) is 16.3. The summed E-state index contributed by atoms with van der Waals surface area (Å²) >= 11 is 7.50. The van der Waals surface area contributed by atoms with Crippen LogP contribution in [0.1, 0.15) is 26.5 Å². The number of anilines is 1. The van der Waals surface area contributed by atoms with Crippen LogP contribution in [0, 0.1) is 9.49 Å². The normalized spacial score (nSPS) is 11.1. The monoisotopic (exact) mass is 465 g/mol. The quantitative estimate of drug-likeness (QED) is 0.616.